The van der Waals surface area contributed by atoms with Crippen molar-refractivity contribution in [2.75, 3.05) is 26.2 Å². The number of nitrogens with one attached hydrogen (secondary N) is 1. The summed E-state index contributed by atoms with van der Waals surface area (Å²) >= 11 is 0. The lowest BCUT2D eigenvalue weighted by Crippen LogP contribution is -2.26. The van der Waals surface area contributed by atoms with Gasteiger partial charge in [0.25, 0.3) is 0 Å². The number of halogens is 1. The number of nitrogens with zero attached hydrogens (tertiary/aromatic N) is 2. The molecule has 0 aliphatic rings. The third-order valence-corrected chi connectivity index (χ3v) is 4.87. The third-order valence-electron chi connectivity index (χ3n) is 4.87. The molecule has 0 bridgehead atoms. The van der Waals surface area contributed by atoms with Crippen LogP contribution in [0, 0.1) is 0 Å². The van der Waals surface area contributed by atoms with Crippen LogP contribution in [0.4, 0.5) is 4.39 Å². The molecular formula is C24H34FN3O2. The SMILES string of the molecule is CC/C=C(F)\C=C/c1c[nH]c(=O)n1-c1ccc(OCCCN(CC)CCCC)cc1. The highest BCUT2D eigenvalue weighted by molar-refractivity contribution is 5.52. The van der Waals surface area contributed by atoms with Gasteiger partial charge in [-0.2, -0.15) is 0 Å². The van der Waals surface area contributed by atoms with Crippen LogP contribution in [-0.2, 0) is 0 Å². The van der Waals surface area contributed by atoms with Gasteiger partial charge < -0.3 is 14.6 Å². The molecule has 0 radical (unpaired) electrons. The molecule has 1 aromatic carbocycles. The molecule has 164 valence electrons. The molecule has 0 aliphatic heterocycles. The van der Waals surface area contributed by atoms with E-state index in [1.165, 1.54) is 29.6 Å². The second-order valence-electron chi connectivity index (χ2n) is 7.17. The van der Waals surface area contributed by atoms with Crippen LogP contribution in [0.15, 0.2) is 53.2 Å². The molecule has 0 unspecified atom stereocenters. The van der Waals surface area contributed by atoms with Crippen molar-refractivity contribution in [1.82, 2.24) is 14.5 Å². The number of aromatic nitrogens is 2. The number of aromatic amines is 1. The van der Waals surface area contributed by atoms with Crippen LogP contribution in [0.1, 0.15) is 52.1 Å². The van der Waals surface area contributed by atoms with Gasteiger partial charge in [0.1, 0.15) is 11.6 Å². The Morgan fingerprint density at radius 2 is 1.90 bits per heavy atom. The minimum absolute atomic E-state index is 0.269. The highest BCUT2D eigenvalue weighted by atomic mass is 19.1. The fourth-order valence-electron chi connectivity index (χ4n) is 3.18. The molecule has 1 N–H and O–H groups in total. The van der Waals surface area contributed by atoms with Gasteiger partial charge in [0.05, 0.1) is 18.0 Å². The second-order valence-corrected chi connectivity index (χ2v) is 7.17. The summed E-state index contributed by atoms with van der Waals surface area (Å²) < 4.78 is 21.0. The predicted octanol–water partition coefficient (Wildman–Crippen LogP) is 5.33. The monoisotopic (exact) mass is 415 g/mol. The summed E-state index contributed by atoms with van der Waals surface area (Å²) in [5.74, 6) is 0.450. The number of allylic oxidation sites excluding steroid dienone is 3. The van der Waals surface area contributed by atoms with Gasteiger partial charge in [-0.15, -0.1) is 0 Å². The molecule has 1 aromatic heterocycles. The number of ether oxygens (including phenoxy) is 1. The fourth-order valence-corrected chi connectivity index (χ4v) is 3.18. The summed E-state index contributed by atoms with van der Waals surface area (Å²) in [5, 5.41) is 0. The minimum Gasteiger partial charge on any atom is -0.494 e. The maximum atomic E-state index is 13.6. The number of H-pyrrole nitrogens is 1. The zero-order chi connectivity index (χ0) is 21.8. The second kappa shape index (κ2) is 12.9. The maximum absolute atomic E-state index is 13.6. The van der Waals surface area contributed by atoms with E-state index in [-0.39, 0.29) is 11.5 Å². The molecule has 0 fully saturated rings. The van der Waals surface area contributed by atoms with Crippen molar-refractivity contribution < 1.29 is 9.13 Å². The summed E-state index contributed by atoms with van der Waals surface area (Å²) in [7, 11) is 0. The summed E-state index contributed by atoms with van der Waals surface area (Å²) in [6.07, 6.45) is 10.0. The average Bonchev–Trinajstić information content (AvgIpc) is 3.13. The van der Waals surface area contributed by atoms with Crippen LogP contribution in [0.3, 0.4) is 0 Å². The molecule has 6 heteroatoms. The van der Waals surface area contributed by atoms with E-state index in [4.69, 9.17) is 4.74 Å². The van der Waals surface area contributed by atoms with Gasteiger partial charge in [0.15, 0.2) is 0 Å². The topological polar surface area (TPSA) is 50.3 Å². The van der Waals surface area contributed by atoms with Crippen molar-refractivity contribution in [3.8, 4) is 11.4 Å². The summed E-state index contributed by atoms with van der Waals surface area (Å²) in [6, 6.07) is 7.38. The largest absolute Gasteiger partial charge is 0.494 e. The average molecular weight is 416 g/mol. The Morgan fingerprint density at radius 3 is 2.57 bits per heavy atom. The first kappa shape index (κ1) is 23.7. The molecule has 0 saturated heterocycles. The lowest BCUT2D eigenvalue weighted by molar-refractivity contribution is 0.239. The van der Waals surface area contributed by atoms with Crippen LogP contribution in [0.25, 0.3) is 11.8 Å². The first-order chi connectivity index (χ1) is 14.6. The summed E-state index contributed by atoms with van der Waals surface area (Å²) in [6.45, 7) is 10.2. The zero-order valence-corrected chi connectivity index (χ0v) is 18.4. The van der Waals surface area contributed by atoms with Crippen LogP contribution in [-0.4, -0.2) is 40.7 Å². The molecule has 2 aromatic rings. The normalized spacial score (nSPS) is 12.2. The van der Waals surface area contributed by atoms with Crippen LogP contribution >= 0.6 is 0 Å². The number of rotatable bonds is 13. The van der Waals surface area contributed by atoms with Gasteiger partial charge >= 0.3 is 5.69 Å². The van der Waals surface area contributed by atoms with Crippen LogP contribution in [0.2, 0.25) is 0 Å². The van der Waals surface area contributed by atoms with Gasteiger partial charge in [-0.3, -0.25) is 4.57 Å². The molecule has 1 heterocycles. The van der Waals surface area contributed by atoms with Crippen LogP contribution in [0.5, 0.6) is 5.75 Å². The molecule has 0 amide bonds. The van der Waals surface area contributed by atoms with Crippen molar-refractivity contribution in [1.29, 1.82) is 0 Å². The minimum atomic E-state index is -0.322. The zero-order valence-electron chi connectivity index (χ0n) is 18.4. The molecule has 2 rings (SSSR count). The fraction of sp³-hybridized carbons (Fsp3) is 0.458. The number of hydrogen-bond acceptors (Lipinski definition) is 3. The first-order valence-corrected chi connectivity index (χ1v) is 10.9. The van der Waals surface area contributed by atoms with Crippen molar-refractivity contribution in [2.24, 2.45) is 0 Å². The highest BCUT2D eigenvalue weighted by Gasteiger charge is 2.07. The lowest BCUT2D eigenvalue weighted by Gasteiger charge is -2.19. The van der Waals surface area contributed by atoms with Crippen molar-refractivity contribution in [3.63, 3.8) is 0 Å². The van der Waals surface area contributed by atoms with Gasteiger partial charge in [-0.1, -0.05) is 27.2 Å². The first-order valence-electron chi connectivity index (χ1n) is 10.9. The maximum Gasteiger partial charge on any atom is 0.330 e. The Labute approximate surface area is 178 Å². The Hall–Kier alpha value is -2.60. The van der Waals surface area contributed by atoms with Crippen molar-refractivity contribution >= 4 is 6.08 Å². The van der Waals surface area contributed by atoms with Gasteiger partial charge in [0, 0.05) is 12.7 Å². The van der Waals surface area contributed by atoms with Gasteiger partial charge in [-0.05, 0) is 74.8 Å². The number of imidazole rings is 1. The molecular weight excluding hydrogens is 381 g/mol. The Balaban J connectivity index is 1.96. The highest BCUT2D eigenvalue weighted by Crippen LogP contribution is 2.17. The van der Waals surface area contributed by atoms with Gasteiger partial charge in [-0.25, -0.2) is 9.18 Å². The van der Waals surface area contributed by atoms with E-state index in [0.717, 1.165) is 31.8 Å². The molecule has 0 atom stereocenters. The third kappa shape index (κ3) is 7.34. The summed E-state index contributed by atoms with van der Waals surface area (Å²) in [5.41, 5.74) is 1.01. The van der Waals surface area contributed by atoms with E-state index in [1.54, 1.807) is 12.3 Å². The number of unbranched alkanes of at least 4 members (excludes halogenated alkanes) is 1. The van der Waals surface area contributed by atoms with E-state index in [0.29, 0.717) is 24.4 Å². The summed E-state index contributed by atoms with van der Waals surface area (Å²) in [4.78, 5) is 17.3. The molecule has 0 aliphatic carbocycles. The number of hydrogen-bond donors (Lipinski definition) is 1. The van der Waals surface area contributed by atoms with E-state index >= 15 is 0 Å². The standard InChI is InChI=1S/C24H34FN3O2/c1-4-7-16-27(6-3)17-8-18-30-23-14-12-21(13-15-23)28-22(19-26-24(28)29)11-10-20(25)9-5-2/h9-15,19H,4-8,16-18H2,1-3H3,(H,26,29)/b11-10-,20-9+. The van der Waals surface area contributed by atoms with Crippen molar-refractivity contribution in [2.45, 2.75) is 46.5 Å². The van der Waals surface area contributed by atoms with E-state index in [1.807, 2.05) is 31.2 Å². The van der Waals surface area contributed by atoms with E-state index in [9.17, 15) is 9.18 Å². The lowest BCUT2D eigenvalue weighted by atomic mass is 10.2. The number of benzene rings is 1. The predicted molar refractivity (Wildman–Crippen MR) is 122 cm³/mol. The van der Waals surface area contributed by atoms with Crippen LogP contribution < -0.4 is 10.4 Å². The van der Waals surface area contributed by atoms with Gasteiger partial charge in [0.2, 0.25) is 0 Å². The molecule has 0 spiro atoms. The Kier molecular flexibility index (Phi) is 10.1. The molecule has 5 nitrogen and oxygen atoms in total. The molecule has 0 saturated carbocycles. The molecule has 30 heavy (non-hydrogen) atoms. The quantitative estimate of drug-likeness (QED) is 0.355. The van der Waals surface area contributed by atoms with E-state index < -0.39 is 0 Å². The Morgan fingerprint density at radius 1 is 1.17 bits per heavy atom. The smallest absolute Gasteiger partial charge is 0.330 e. The van der Waals surface area contributed by atoms with E-state index in [2.05, 4.69) is 23.7 Å². The van der Waals surface area contributed by atoms with Crippen molar-refractivity contribution in [3.05, 3.63) is 64.6 Å². The Bertz CT molecular complexity index is 865.